The van der Waals surface area contributed by atoms with E-state index in [4.69, 9.17) is 0 Å². The standard InChI is InChI=1S/C14H15NO2/c1-2-11-4-5-14-13(8-11)12(10-17)9-15(14)6-3-7-16/h4-5,7-10H,2-3,6H2,1H3. The van der Waals surface area contributed by atoms with Crippen molar-refractivity contribution >= 4 is 23.5 Å². The van der Waals surface area contributed by atoms with Crippen LogP contribution in [0.15, 0.2) is 24.4 Å². The van der Waals surface area contributed by atoms with Gasteiger partial charge >= 0.3 is 0 Å². The zero-order valence-electron chi connectivity index (χ0n) is 9.85. The van der Waals surface area contributed by atoms with Crippen molar-refractivity contribution in [2.45, 2.75) is 26.3 Å². The SMILES string of the molecule is CCc1ccc2c(c1)c(C=O)cn2CCC=O. The van der Waals surface area contributed by atoms with E-state index in [1.807, 2.05) is 16.8 Å². The Hall–Kier alpha value is -1.90. The van der Waals surface area contributed by atoms with Gasteiger partial charge in [-0.15, -0.1) is 0 Å². The molecular formula is C14H15NO2. The summed E-state index contributed by atoms with van der Waals surface area (Å²) in [7, 11) is 0. The molecule has 0 spiro atoms. The lowest BCUT2D eigenvalue weighted by atomic mass is 10.1. The summed E-state index contributed by atoms with van der Waals surface area (Å²) in [6, 6.07) is 6.14. The molecule has 2 aromatic rings. The Morgan fingerprint density at radius 1 is 1.29 bits per heavy atom. The first kappa shape index (κ1) is 11.6. The number of hydrogen-bond acceptors (Lipinski definition) is 2. The van der Waals surface area contributed by atoms with Crippen molar-refractivity contribution in [1.29, 1.82) is 0 Å². The van der Waals surface area contributed by atoms with Gasteiger partial charge in [0.1, 0.15) is 6.29 Å². The summed E-state index contributed by atoms with van der Waals surface area (Å²) in [6.45, 7) is 2.71. The quantitative estimate of drug-likeness (QED) is 0.739. The van der Waals surface area contributed by atoms with E-state index in [1.54, 1.807) is 0 Å². The zero-order valence-corrected chi connectivity index (χ0v) is 9.85. The van der Waals surface area contributed by atoms with Crippen LogP contribution in [0.4, 0.5) is 0 Å². The molecule has 1 aromatic heterocycles. The fourth-order valence-corrected chi connectivity index (χ4v) is 2.06. The van der Waals surface area contributed by atoms with Gasteiger partial charge in [-0.25, -0.2) is 0 Å². The van der Waals surface area contributed by atoms with Crippen LogP contribution in [-0.4, -0.2) is 17.1 Å². The minimum atomic E-state index is 0.470. The van der Waals surface area contributed by atoms with Crippen LogP contribution >= 0.6 is 0 Å². The molecule has 1 heterocycles. The highest BCUT2D eigenvalue weighted by Crippen LogP contribution is 2.22. The van der Waals surface area contributed by atoms with Crippen LogP contribution in [0.3, 0.4) is 0 Å². The van der Waals surface area contributed by atoms with Crippen LogP contribution in [0.25, 0.3) is 10.9 Å². The Kier molecular flexibility index (Phi) is 3.38. The molecule has 3 nitrogen and oxygen atoms in total. The number of nitrogens with zero attached hydrogens (tertiary/aromatic N) is 1. The fraction of sp³-hybridized carbons (Fsp3) is 0.286. The smallest absolute Gasteiger partial charge is 0.152 e. The largest absolute Gasteiger partial charge is 0.346 e. The molecule has 0 radical (unpaired) electrons. The molecule has 0 amide bonds. The topological polar surface area (TPSA) is 39.1 Å². The molecule has 0 saturated heterocycles. The van der Waals surface area contributed by atoms with Gasteiger partial charge in [-0.1, -0.05) is 13.0 Å². The summed E-state index contributed by atoms with van der Waals surface area (Å²) in [6.07, 6.45) is 5.01. The molecule has 2 rings (SSSR count). The predicted molar refractivity (Wildman–Crippen MR) is 67.4 cm³/mol. The van der Waals surface area contributed by atoms with Crippen LogP contribution in [0, 0.1) is 0 Å². The number of aryl methyl sites for hydroxylation is 2. The van der Waals surface area contributed by atoms with Gasteiger partial charge < -0.3 is 9.36 Å². The second-order valence-electron chi connectivity index (χ2n) is 4.06. The summed E-state index contributed by atoms with van der Waals surface area (Å²) in [5.41, 5.74) is 2.93. The number of hydrogen-bond donors (Lipinski definition) is 0. The van der Waals surface area contributed by atoms with Gasteiger partial charge in [0.05, 0.1) is 0 Å². The number of carbonyl (C=O) groups is 2. The highest BCUT2D eigenvalue weighted by atomic mass is 16.1. The van der Waals surface area contributed by atoms with Gasteiger partial charge in [0.25, 0.3) is 0 Å². The van der Waals surface area contributed by atoms with Crippen LogP contribution < -0.4 is 0 Å². The predicted octanol–water partition coefficient (Wildman–Crippen LogP) is 2.61. The molecule has 0 bridgehead atoms. The van der Waals surface area contributed by atoms with E-state index in [-0.39, 0.29) is 0 Å². The number of aldehydes is 2. The Morgan fingerprint density at radius 3 is 2.76 bits per heavy atom. The first-order valence-corrected chi connectivity index (χ1v) is 5.80. The van der Waals surface area contributed by atoms with Gasteiger partial charge in [0.2, 0.25) is 0 Å². The Morgan fingerprint density at radius 2 is 2.12 bits per heavy atom. The van der Waals surface area contributed by atoms with E-state index in [1.165, 1.54) is 5.56 Å². The third kappa shape index (κ3) is 2.13. The summed E-state index contributed by atoms with van der Waals surface area (Å²) >= 11 is 0. The fourth-order valence-electron chi connectivity index (χ4n) is 2.06. The minimum Gasteiger partial charge on any atom is -0.346 e. The Balaban J connectivity index is 2.55. The van der Waals surface area contributed by atoms with Crippen LogP contribution in [-0.2, 0) is 17.8 Å². The molecule has 0 atom stereocenters. The molecule has 0 fully saturated rings. The van der Waals surface area contributed by atoms with E-state index in [0.29, 0.717) is 18.5 Å². The van der Waals surface area contributed by atoms with Crippen LogP contribution in [0.5, 0.6) is 0 Å². The maximum atomic E-state index is 11.0. The van der Waals surface area contributed by atoms with Crippen molar-refractivity contribution < 1.29 is 9.59 Å². The van der Waals surface area contributed by atoms with Crippen molar-refractivity contribution in [2.75, 3.05) is 0 Å². The molecule has 17 heavy (non-hydrogen) atoms. The lowest BCUT2D eigenvalue weighted by molar-refractivity contribution is -0.108. The van der Waals surface area contributed by atoms with E-state index in [0.717, 1.165) is 29.9 Å². The van der Waals surface area contributed by atoms with Crippen molar-refractivity contribution in [3.8, 4) is 0 Å². The highest BCUT2D eigenvalue weighted by Gasteiger charge is 2.08. The number of aromatic nitrogens is 1. The lowest BCUT2D eigenvalue weighted by Gasteiger charge is -2.03. The summed E-state index contributed by atoms with van der Waals surface area (Å²) in [4.78, 5) is 21.4. The highest BCUT2D eigenvalue weighted by molar-refractivity contribution is 5.98. The average molecular weight is 229 g/mol. The molecule has 0 saturated carbocycles. The summed E-state index contributed by atoms with van der Waals surface area (Å²) in [5, 5.41) is 0.977. The van der Waals surface area contributed by atoms with Gasteiger partial charge in [0, 0.05) is 35.6 Å². The number of carbonyl (C=O) groups excluding carboxylic acids is 2. The number of benzene rings is 1. The van der Waals surface area contributed by atoms with Crippen molar-refractivity contribution in [1.82, 2.24) is 4.57 Å². The van der Waals surface area contributed by atoms with Crippen LogP contribution in [0.1, 0.15) is 29.3 Å². The second-order valence-corrected chi connectivity index (χ2v) is 4.06. The van der Waals surface area contributed by atoms with Gasteiger partial charge in [-0.05, 0) is 24.1 Å². The van der Waals surface area contributed by atoms with E-state index >= 15 is 0 Å². The number of rotatable bonds is 5. The third-order valence-corrected chi connectivity index (χ3v) is 3.00. The maximum absolute atomic E-state index is 11.0. The van der Waals surface area contributed by atoms with E-state index in [9.17, 15) is 9.59 Å². The Bertz CT molecular complexity index is 555. The lowest BCUT2D eigenvalue weighted by Crippen LogP contribution is -1.96. The molecule has 88 valence electrons. The van der Waals surface area contributed by atoms with Gasteiger partial charge in [-0.2, -0.15) is 0 Å². The molecule has 0 aliphatic carbocycles. The second kappa shape index (κ2) is 4.95. The maximum Gasteiger partial charge on any atom is 0.152 e. The van der Waals surface area contributed by atoms with Crippen molar-refractivity contribution in [3.63, 3.8) is 0 Å². The average Bonchev–Trinajstić information content (AvgIpc) is 2.73. The molecular weight excluding hydrogens is 214 g/mol. The minimum absolute atomic E-state index is 0.470. The first-order chi connectivity index (χ1) is 8.30. The van der Waals surface area contributed by atoms with Crippen LogP contribution in [0.2, 0.25) is 0 Å². The number of fused-ring (bicyclic) bond motifs is 1. The monoisotopic (exact) mass is 229 g/mol. The molecule has 0 aliphatic heterocycles. The molecule has 3 heteroatoms. The first-order valence-electron chi connectivity index (χ1n) is 5.80. The van der Waals surface area contributed by atoms with Crippen molar-refractivity contribution in [3.05, 3.63) is 35.5 Å². The van der Waals surface area contributed by atoms with Gasteiger partial charge in [0.15, 0.2) is 6.29 Å². The summed E-state index contributed by atoms with van der Waals surface area (Å²) in [5.74, 6) is 0. The Labute approximate surface area is 100 Å². The molecule has 0 unspecified atom stereocenters. The van der Waals surface area contributed by atoms with E-state index in [2.05, 4.69) is 19.1 Å². The third-order valence-electron chi connectivity index (χ3n) is 3.00. The molecule has 0 N–H and O–H groups in total. The molecule has 1 aromatic carbocycles. The van der Waals surface area contributed by atoms with Crippen molar-refractivity contribution in [2.24, 2.45) is 0 Å². The van der Waals surface area contributed by atoms with E-state index < -0.39 is 0 Å². The van der Waals surface area contributed by atoms with Gasteiger partial charge in [-0.3, -0.25) is 4.79 Å². The normalized spacial score (nSPS) is 10.6. The zero-order chi connectivity index (χ0) is 12.3. The molecule has 0 aliphatic rings. The summed E-state index contributed by atoms with van der Waals surface area (Å²) < 4.78 is 1.97.